The molecule has 1 fully saturated rings. The number of nitrogens with two attached hydrogens (primary N) is 1. The maximum absolute atomic E-state index is 5.92. The summed E-state index contributed by atoms with van der Waals surface area (Å²) in [5, 5.41) is 0. The molecule has 0 aliphatic carbocycles. The van der Waals surface area contributed by atoms with Crippen LogP contribution in [0.15, 0.2) is 12.1 Å². The molecule has 1 aromatic carbocycles. The van der Waals surface area contributed by atoms with E-state index in [4.69, 9.17) is 10.5 Å². The molecule has 1 atom stereocenters. The highest BCUT2D eigenvalue weighted by Gasteiger charge is 2.25. The molecule has 0 aromatic heterocycles. The minimum atomic E-state index is 0.632. The van der Waals surface area contributed by atoms with Gasteiger partial charge in [0, 0.05) is 30.9 Å². The Kier molecular flexibility index (Phi) is 3.66. The number of anilines is 2. The Morgan fingerprint density at radius 2 is 2.11 bits per heavy atom. The minimum Gasteiger partial charge on any atom is -0.495 e. The van der Waals surface area contributed by atoms with Crippen molar-refractivity contribution in [3.05, 3.63) is 17.7 Å². The number of rotatable bonds is 3. The average Bonchev–Trinajstić information content (AvgIpc) is 2.78. The molecule has 1 saturated heterocycles. The Hall–Kier alpha value is -1.42. The monoisotopic (exact) mass is 249 g/mol. The Balaban J connectivity index is 2.24. The van der Waals surface area contributed by atoms with E-state index in [-0.39, 0.29) is 0 Å². The number of aryl methyl sites for hydroxylation is 1. The van der Waals surface area contributed by atoms with Gasteiger partial charge in [0.25, 0.3) is 0 Å². The molecule has 1 aliphatic heterocycles. The summed E-state index contributed by atoms with van der Waals surface area (Å²) in [6, 6.07) is 4.69. The molecule has 1 heterocycles. The van der Waals surface area contributed by atoms with Crippen LogP contribution in [0.3, 0.4) is 0 Å². The molecule has 0 saturated carbocycles. The van der Waals surface area contributed by atoms with Gasteiger partial charge in [0.05, 0.1) is 12.8 Å². The number of ether oxygens (including phenoxy) is 1. The molecular weight excluding hydrogens is 226 g/mol. The summed E-state index contributed by atoms with van der Waals surface area (Å²) < 4.78 is 5.31. The van der Waals surface area contributed by atoms with Crippen LogP contribution in [0, 0.1) is 6.92 Å². The second-order valence-electron chi connectivity index (χ2n) is 5.23. The fraction of sp³-hybridized carbons (Fsp3) is 0.571. The maximum Gasteiger partial charge on any atom is 0.143 e. The highest BCUT2D eigenvalue weighted by Crippen LogP contribution is 2.33. The quantitative estimate of drug-likeness (QED) is 0.828. The second kappa shape index (κ2) is 5.06. The lowest BCUT2D eigenvalue weighted by Crippen LogP contribution is -2.31. The molecule has 18 heavy (non-hydrogen) atoms. The first kappa shape index (κ1) is 13.0. The van der Waals surface area contributed by atoms with Crippen LogP contribution in [0.2, 0.25) is 0 Å². The van der Waals surface area contributed by atoms with E-state index in [1.54, 1.807) is 7.11 Å². The topological polar surface area (TPSA) is 41.7 Å². The van der Waals surface area contributed by atoms with Crippen LogP contribution >= 0.6 is 0 Å². The van der Waals surface area contributed by atoms with E-state index in [1.165, 1.54) is 17.7 Å². The Morgan fingerprint density at radius 3 is 2.67 bits per heavy atom. The fourth-order valence-electron chi connectivity index (χ4n) is 2.60. The lowest BCUT2D eigenvalue weighted by atomic mass is 10.1. The normalized spacial score (nSPS) is 19.6. The van der Waals surface area contributed by atoms with Gasteiger partial charge in [-0.1, -0.05) is 0 Å². The first-order chi connectivity index (χ1) is 8.52. The average molecular weight is 249 g/mol. The van der Waals surface area contributed by atoms with E-state index < -0.39 is 0 Å². The molecule has 2 N–H and O–H groups in total. The molecule has 100 valence electrons. The summed E-state index contributed by atoms with van der Waals surface area (Å²) in [5.41, 5.74) is 9.09. The molecule has 2 rings (SSSR count). The number of nitrogens with zero attached hydrogens (tertiary/aromatic N) is 2. The third-order valence-electron chi connectivity index (χ3n) is 3.78. The highest BCUT2D eigenvalue weighted by molar-refractivity contribution is 5.67. The number of methoxy groups -OCH3 is 1. The molecule has 0 amide bonds. The van der Waals surface area contributed by atoms with Crippen molar-refractivity contribution in [3.8, 4) is 5.75 Å². The maximum atomic E-state index is 5.92. The fourth-order valence-corrected chi connectivity index (χ4v) is 2.60. The standard InChI is InChI=1S/C14H23N3O/c1-10-7-12(15)14(18-4)8-13(10)17-6-5-11(9-17)16(2)3/h7-8,11H,5-6,9,15H2,1-4H3/t11-/m1/s1. The van der Waals surface area contributed by atoms with Crippen molar-refractivity contribution < 1.29 is 4.74 Å². The van der Waals surface area contributed by atoms with Crippen LogP contribution < -0.4 is 15.4 Å². The zero-order valence-corrected chi connectivity index (χ0v) is 11.7. The largest absolute Gasteiger partial charge is 0.495 e. The molecule has 4 heteroatoms. The van der Waals surface area contributed by atoms with Crippen LogP contribution in [0.25, 0.3) is 0 Å². The lowest BCUT2D eigenvalue weighted by molar-refractivity contribution is 0.315. The summed E-state index contributed by atoms with van der Waals surface area (Å²) in [5.74, 6) is 0.768. The van der Waals surface area contributed by atoms with Crippen LogP contribution in [0.5, 0.6) is 5.75 Å². The highest BCUT2D eigenvalue weighted by atomic mass is 16.5. The third-order valence-corrected chi connectivity index (χ3v) is 3.78. The molecule has 0 bridgehead atoms. The van der Waals surface area contributed by atoms with Gasteiger partial charge in [0.15, 0.2) is 0 Å². The van der Waals surface area contributed by atoms with E-state index in [9.17, 15) is 0 Å². The van der Waals surface area contributed by atoms with Gasteiger partial charge in [-0.25, -0.2) is 0 Å². The van der Waals surface area contributed by atoms with Gasteiger partial charge in [-0.15, -0.1) is 0 Å². The van der Waals surface area contributed by atoms with Crippen molar-refractivity contribution in [1.29, 1.82) is 0 Å². The Bertz CT molecular complexity index is 431. The summed E-state index contributed by atoms with van der Waals surface area (Å²) >= 11 is 0. The summed E-state index contributed by atoms with van der Waals surface area (Å²) in [6.07, 6.45) is 1.21. The Morgan fingerprint density at radius 1 is 1.39 bits per heavy atom. The zero-order valence-electron chi connectivity index (χ0n) is 11.7. The lowest BCUT2D eigenvalue weighted by Gasteiger charge is -2.24. The van der Waals surface area contributed by atoms with E-state index in [1.807, 2.05) is 6.07 Å². The minimum absolute atomic E-state index is 0.632. The molecule has 0 radical (unpaired) electrons. The van der Waals surface area contributed by atoms with Gasteiger partial charge in [0.2, 0.25) is 0 Å². The molecular formula is C14H23N3O. The van der Waals surface area contributed by atoms with Crippen molar-refractivity contribution in [3.63, 3.8) is 0 Å². The predicted octanol–water partition coefficient (Wildman–Crippen LogP) is 1.73. The van der Waals surface area contributed by atoms with Gasteiger partial charge in [-0.3, -0.25) is 0 Å². The first-order valence-corrected chi connectivity index (χ1v) is 6.38. The van der Waals surface area contributed by atoms with Crippen molar-refractivity contribution in [1.82, 2.24) is 4.90 Å². The second-order valence-corrected chi connectivity index (χ2v) is 5.23. The SMILES string of the molecule is COc1cc(N2CC[C@@H](N(C)C)C2)c(C)cc1N. The number of hydrogen-bond acceptors (Lipinski definition) is 4. The van der Waals surface area contributed by atoms with Crippen LogP contribution in [-0.4, -0.2) is 45.2 Å². The smallest absolute Gasteiger partial charge is 0.143 e. The first-order valence-electron chi connectivity index (χ1n) is 6.38. The van der Waals surface area contributed by atoms with Crippen molar-refractivity contribution >= 4 is 11.4 Å². The predicted molar refractivity (Wildman–Crippen MR) is 76.4 cm³/mol. The molecule has 1 aromatic rings. The molecule has 0 unspecified atom stereocenters. The molecule has 1 aliphatic rings. The van der Waals surface area contributed by atoms with Crippen molar-refractivity contribution in [2.24, 2.45) is 0 Å². The van der Waals surface area contributed by atoms with Gasteiger partial charge in [-0.2, -0.15) is 0 Å². The van der Waals surface area contributed by atoms with Gasteiger partial charge < -0.3 is 20.3 Å². The van der Waals surface area contributed by atoms with Gasteiger partial charge in [-0.05, 0) is 39.1 Å². The number of nitrogen functional groups attached to an aromatic ring is 1. The third kappa shape index (κ3) is 2.38. The van der Waals surface area contributed by atoms with E-state index in [0.717, 1.165) is 18.8 Å². The van der Waals surface area contributed by atoms with Crippen molar-refractivity contribution in [2.75, 3.05) is 44.9 Å². The molecule has 4 nitrogen and oxygen atoms in total. The molecule has 0 spiro atoms. The number of benzene rings is 1. The number of hydrogen-bond donors (Lipinski definition) is 1. The van der Waals surface area contributed by atoms with Crippen molar-refractivity contribution in [2.45, 2.75) is 19.4 Å². The van der Waals surface area contributed by atoms with Crippen LogP contribution in [0.1, 0.15) is 12.0 Å². The van der Waals surface area contributed by atoms with E-state index >= 15 is 0 Å². The Labute approximate surface area is 109 Å². The summed E-state index contributed by atoms with van der Waals surface area (Å²) in [6.45, 7) is 4.27. The number of likely N-dealkylation sites (N-methyl/N-ethyl adjacent to an activating group) is 1. The van der Waals surface area contributed by atoms with Gasteiger partial charge in [0.1, 0.15) is 5.75 Å². The summed E-state index contributed by atoms with van der Waals surface area (Å²) in [7, 11) is 5.95. The van der Waals surface area contributed by atoms with Gasteiger partial charge >= 0.3 is 0 Å². The van der Waals surface area contributed by atoms with E-state index in [2.05, 4.69) is 36.9 Å². The summed E-state index contributed by atoms with van der Waals surface area (Å²) in [4.78, 5) is 4.71. The van der Waals surface area contributed by atoms with Crippen LogP contribution in [0.4, 0.5) is 11.4 Å². The van der Waals surface area contributed by atoms with Crippen LogP contribution in [-0.2, 0) is 0 Å². The zero-order chi connectivity index (χ0) is 13.3. The van der Waals surface area contributed by atoms with E-state index in [0.29, 0.717) is 11.7 Å².